The Labute approximate surface area is 244 Å². The van der Waals surface area contributed by atoms with Crippen molar-refractivity contribution in [3.63, 3.8) is 0 Å². The zero-order valence-corrected chi connectivity index (χ0v) is 24.6. The Morgan fingerprint density at radius 2 is 1.79 bits per heavy atom. The van der Waals surface area contributed by atoms with Gasteiger partial charge in [0.15, 0.2) is 5.65 Å². The first kappa shape index (κ1) is 27.6. The minimum Gasteiger partial charge on any atom is -0.393 e. The number of piperazine rings is 1. The van der Waals surface area contributed by atoms with E-state index in [-0.39, 0.29) is 11.3 Å². The van der Waals surface area contributed by atoms with E-state index in [9.17, 15) is 9.59 Å². The van der Waals surface area contributed by atoms with Crippen LogP contribution in [0.4, 0.5) is 16.6 Å². The van der Waals surface area contributed by atoms with Crippen molar-refractivity contribution in [3.05, 3.63) is 66.0 Å². The van der Waals surface area contributed by atoms with Crippen LogP contribution in [0.1, 0.15) is 49.5 Å². The molecule has 6 rings (SSSR count). The molecule has 218 valence electrons. The van der Waals surface area contributed by atoms with Crippen LogP contribution in [0.2, 0.25) is 0 Å². The van der Waals surface area contributed by atoms with Crippen LogP contribution in [-0.2, 0) is 5.41 Å². The number of aromatic nitrogens is 4. The fourth-order valence-electron chi connectivity index (χ4n) is 5.50. The SMILES string of the molecule is CN(C)C(=O)Oc1cc2cnc(Nc3ccc(C(=O)N4CC5CCC(C4)N5)cn3)nc2n1-c1cccc(C(C)(C)C)c1. The van der Waals surface area contributed by atoms with Crippen molar-refractivity contribution in [3.8, 4) is 11.6 Å². The normalized spacial score (nSPS) is 18.3. The molecule has 0 spiro atoms. The summed E-state index contributed by atoms with van der Waals surface area (Å²) in [6.45, 7) is 7.91. The molecule has 2 bridgehead atoms. The third-order valence-electron chi connectivity index (χ3n) is 7.79. The lowest BCUT2D eigenvalue weighted by molar-refractivity contribution is 0.0697. The molecular formula is C31H36N8O3. The second kappa shape index (κ2) is 10.7. The number of nitrogens with zero attached hydrogens (tertiary/aromatic N) is 6. The number of amides is 2. The van der Waals surface area contributed by atoms with Gasteiger partial charge in [0, 0.05) is 63.1 Å². The number of rotatable bonds is 5. The highest BCUT2D eigenvalue weighted by Gasteiger charge is 2.34. The molecule has 3 aromatic heterocycles. The Morgan fingerprint density at radius 3 is 2.45 bits per heavy atom. The minimum absolute atomic E-state index is 0.000217. The second-order valence-corrected chi connectivity index (χ2v) is 12.3. The van der Waals surface area contributed by atoms with Crippen LogP contribution in [-0.4, -0.2) is 80.6 Å². The average Bonchev–Trinajstić information content (AvgIpc) is 3.50. The number of likely N-dealkylation sites (tertiary alicyclic amines) is 1. The van der Waals surface area contributed by atoms with Crippen molar-refractivity contribution in [2.45, 2.75) is 51.1 Å². The summed E-state index contributed by atoms with van der Waals surface area (Å²) in [7, 11) is 3.27. The average molecular weight is 569 g/mol. The minimum atomic E-state index is -0.496. The summed E-state index contributed by atoms with van der Waals surface area (Å²) in [5.74, 6) is 1.17. The first-order valence-electron chi connectivity index (χ1n) is 14.2. The molecule has 11 nitrogen and oxygen atoms in total. The van der Waals surface area contributed by atoms with Crippen molar-refractivity contribution in [2.75, 3.05) is 32.5 Å². The predicted octanol–water partition coefficient (Wildman–Crippen LogP) is 4.49. The summed E-state index contributed by atoms with van der Waals surface area (Å²) in [6, 6.07) is 14.2. The van der Waals surface area contributed by atoms with E-state index in [0.717, 1.165) is 37.2 Å². The molecular weight excluding hydrogens is 532 g/mol. The van der Waals surface area contributed by atoms with E-state index in [1.54, 1.807) is 44.7 Å². The summed E-state index contributed by atoms with van der Waals surface area (Å²) in [6.07, 6.45) is 5.01. The van der Waals surface area contributed by atoms with Crippen LogP contribution in [0.3, 0.4) is 0 Å². The zero-order chi connectivity index (χ0) is 29.6. The molecule has 1 aromatic carbocycles. The molecule has 0 radical (unpaired) electrons. The van der Waals surface area contributed by atoms with E-state index in [1.165, 1.54) is 4.90 Å². The summed E-state index contributed by atoms with van der Waals surface area (Å²) in [5.41, 5.74) is 2.99. The molecule has 42 heavy (non-hydrogen) atoms. The summed E-state index contributed by atoms with van der Waals surface area (Å²) in [4.78, 5) is 42.6. The first-order chi connectivity index (χ1) is 20.0. The van der Waals surface area contributed by atoms with E-state index in [0.29, 0.717) is 46.3 Å². The van der Waals surface area contributed by atoms with Gasteiger partial charge in [-0.05, 0) is 48.1 Å². The van der Waals surface area contributed by atoms with Gasteiger partial charge >= 0.3 is 6.09 Å². The number of hydrogen-bond donors (Lipinski definition) is 2. The van der Waals surface area contributed by atoms with Crippen LogP contribution in [0.25, 0.3) is 16.7 Å². The monoisotopic (exact) mass is 568 g/mol. The number of pyridine rings is 1. The van der Waals surface area contributed by atoms with Crippen LogP contribution in [0.15, 0.2) is 54.9 Å². The number of hydrogen-bond acceptors (Lipinski definition) is 8. The summed E-state index contributed by atoms with van der Waals surface area (Å²) >= 11 is 0. The number of nitrogens with one attached hydrogen (secondary N) is 2. The molecule has 2 fully saturated rings. The fourth-order valence-corrected chi connectivity index (χ4v) is 5.50. The number of carbonyl (C=O) groups is 2. The number of benzene rings is 1. The standard InChI is InChI=1S/C31H36N8O3/c1-31(2,3)21-7-6-8-24(14-21)39-26(42-30(41)37(4)5)13-20-16-33-29(36-27(20)39)35-25-12-9-19(15-32-25)28(40)38-17-22-10-11-23(18-38)34-22/h6-9,12-16,22-23,34H,10-11,17-18H2,1-5H3,(H,32,33,35,36). The first-order valence-corrected chi connectivity index (χ1v) is 14.2. The third-order valence-corrected chi connectivity index (χ3v) is 7.79. The van der Waals surface area contributed by atoms with Gasteiger partial charge in [-0.2, -0.15) is 4.98 Å². The molecule has 2 amide bonds. The van der Waals surface area contributed by atoms with Crippen molar-refractivity contribution in [1.82, 2.24) is 34.6 Å². The number of carbonyl (C=O) groups excluding carboxylic acids is 2. The van der Waals surface area contributed by atoms with Crippen molar-refractivity contribution in [1.29, 1.82) is 0 Å². The molecule has 5 heterocycles. The lowest BCUT2D eigenvalue weighted by Gasteiger charge is -2.32. The summed E-state index contributed by atoms with van der Waals surface area (Å²) < 4.78 is 7.56. The number of ether oxygens (including phenoxy) is 1. The lowest BCUT2D eigenvalue weighted by atomic mass is 9.87. The summed E-state index contributed by atoms with van der Waals surface area (Å²) in [5, 5.41) is 7.41. The van der Waals surface area contributed by atoms with E-state index in [2.05, 4.69) is 53.5 Å². The molecule has 4 aromatic rings. The molecule has 0 aliphatic carbocycles. The van der Waals surface area contributed by atoms with E-state index in [4.69, 9.17) is 9.72 Å². The molecule has 2 unspecified atom stereocenters. The third kappa shape index (κ3) is 5.52. The molecule has 2 aliphatic rings. The number of anilines is 2. The fraction of sp³-hybridized carbons (Fsp3) is 0.387. The van der Waals surface area contributed by atoms with E-state index in [1.807, 2.05) is 21.6 Å². The van der Waals surface area contributed by atoms with Gasteiger partial charge in [-0.25, -0.2) is 14.8 Å². The topological polar surface area (TPSA) is 118 Å². The maximum atomic E-state index is 13.1. The van der Waals surface area contributed by atoms with Gasteiger partial charge in [-0.3, -0.25) is 9.36 Å². The molecule has 2 N–H and O–H groups in total. The Bertz CT molecular complexity index is 1630. The highest BCUT2D eigenvalue weighted by molar-refractivity contribution is 5.94. The predicted molar refractivity (Wildman–Crippen MR) is 161 cm³/mol. The second-order valence-electron chi connectivity index (χ2n) is 12.3. The Hall–Kier alpha value is -4.51. The van der Waals surface area contributed by atoms with Crippen LogP contribution in [0.5, 0.6) is 5.88 Å². The van der Waals surface area contributed by atoms with Crippen molar-refractivity contribution < 1.29 is 14.3 Å². The van der Waals surface area contributed by atoms with Crippen LogP contribution < -0.4 is 15.4 Å². The highest BCUT2D eigenvalue weighted by atomic mass is 16.6. The van der Waals surface area contributed by atoms with Gasteiger partial charge in [0.25, 0.3) is 5.91 Å². The molecule has 0 saturated carbocycles. The van der Waals surface area contributed by atoms with Crippen LogP contribution in [0, 0.1) is 0 Å². The van der Waals surface area contributed by atoms with Crippen molar-refractivity contribution >= 4 is 34.8 Å². The van der Waals surface area contributed by atoms with Gasteiger partial charge in [-0.15, -0.1) is 0 Å². The largest absolute Gasteiger partial charge is 0.415 e. The Morgan fingerprint density at radius 1 is 1.02 bits per heavy atom. The molecule has 11 heteroatoms. The Kier molecular flexibility index (Phi) is 7.05. The van der Waals surface area contributed by atoms with Gasteiger partial charge < -0.3 is 25.2 Å². The van der Waals surface area contributed by atoms with E-state index >= 15 is 0 Å². The quantitative estimate of drug-likeness (QED) is 0.362. The maximum absolute atomic E-state index is 13.1. The molecule has 2 aliphatic heterocycles. The van der Waals surface area contributed by atoms with Crippen LogP contribution >= 0.6 is 0 Å². The lowest BCUT2D eigenvalue weighted by Crippen LogP contribution is -2.53. The number of fused-ring (bicyclic) bond motifs is 3. The molecule has 2 atom stereocenters. The smallest absolute Gasteiger partial charge is 0.393 e. The Balaban J connectivity index is 1.29. The zero-order valence-electron chi connectivity index (χ0n) is 24.6. The van der Waals surface area contributed by atoms with Gasteiger partial charge in [0.05, 0.1) is 11.3 Å². The van der Waals surface area contributed by atoms with Gasteiger partial charge in [0.2, 0.25) is 11.8 Å². The molecule has 2 saturated heterocycles. The van der Waals surface area contributed by atoms with Crippen molar-refractivity contribution in [2.24, 2.45) is 0 Å². The maximum Gasteiger partial charge on any atom is 0.415 e. The van der Waals surface area contributed by atoms with Gasteiger partial charge in [0.1, 0.15) is 5.82 Å². The highest BCUT2D eigenvalue weighted by Crippen LogP contribution is 2.32. The van der Waals surface area contributed by atoms with Gasteiger partial charge in [-0.1, -0.05) is 32.9 Å². The van der Waals surface area contributed by atoms with E-state index < -0.39 is 6.09 Å².